The molecule has 0 spiro atoms. The highest BCUT2D eigenvalue weighted by atomic mass is 35.5. The summed E-state index contributed by atoms with van der Waals surface area (Å²) in [7, 11) is 0. The third kappa shape index (κ3) is 3.38. The summed E-state index contributed by atoms with van der Waals surface area (Å²) in [6, 6.07) is 13.8. The quantitative estimate of drug-likeness (QED) is 0.874. The summed E-state index contributed by atoms with van der Waals surface area (Å²) < 4.78 is 0. The van der Waals surface area contributed by atoms with E-state index in [4.69, 9.17) is 16.9 Å². The zero-order valence-corrected chi connectivity index (χ0v) is 13.0. The molecule has 0 unspecified atom stereocenters. The number of halogens is 1. The van der Waals surface area contributed by atoms with E-state index in [2.05, 4.69) is 26.9 Å². The summed E-state index contributed by atoms with van der Waals surface area (Å²) in [5.74, 6) is 0. The molecule has 1 aliphatic rings. The van der Waals surface area contributed by atoms with Crippen LogP contribution in [-0.4, -0.2) is 36.1 Å². The van der Waals surface area contributed by atoms with E-state index < -0.39 is 0 Å². The van der Waals surface area contributed by atoms with Crippen LogP contribution in [0.1, 0.15) is 11.3 Å². The number of hydrogen-bond acceptors (Lipinski definition) is 4. The van der Waals surface area contributed by atoms with Crippen molar-refractivity contribution in [1.29, 1.82) is 5.26 Å². The fourth-order valence-electron chi connectivity index (χ4n) is 2.68. The standard InChI is InChI=1S/C17H17ClN4/c18-17-11-16(5-4-14(17)12-19)22-9-7-21(8-10-22)13-15-3-1-2-6-20-15/h1-6,11H,7-10,13H2. The van der Waals surface area contributed by atoms with Crippen LogP contribution in [-0.2, 0) is 6.54 Å². The molecule has 1 aliphatic heterocycles. The molecule has 5 heteroatoms. The van der Waals surface area contributed by atoms with E-state index in [9.17, 15) is 0 Å². The van der Waals surface area contributed by atoms with Gasteiger partial charge in [-0.05, 0) is 30.3 Å². The van der Waals surface area contributed by atoms with Gasteiger partial charge in [0.1, 0.15) is 6.07 Å². The van der Waals surface area contributed by atoms with Gasteiger partial charge in [0.05, 0.1) is 16.3 Å². The Kier molecular flexibility index (Phi) is 4.57. The van der Waals surface area contributed by atoms with Crippen LogP contribution in [0.4, 0.5) is 5.69 Å². The van der Waals surface area contributed by atoms with Crippen LogP contribution in [0.15, 0.2) is 42.6 Å². The lowest BCUT2D eigenvalue weighted by molar-refractivity contribution is 0.247. The van der Waals surface area contributed by atoms with Crippen molar-refractivity contribution in [1.82, 2.24) is 9.88 Å². The number of benzene rings is 1. The van der Waals surface area contributed by atoms with Crippen LogP contribution in [0, 0.1) is 11.3 Å². The molecule has 2 heterocycles. The second kappa shape index (κ2) is 6.78. The molecule has 0 saturated carbocycles. The Morgan fingerprint density at radius 2 is 1.95 bits per heavy atom. The zero-order chi connectivity index (χ0) is 15.4. The molecule has 0 bridgehead atoms. The maximum atomic E-state index is 8.93. The van der Waals surface area contributed by atoms with Gasteiger partial charge in [0, 0.05) is 44.6 Å². The van der Waals surface area contributed by atoms with Crippen molar-refractivity contribution in [2.75, 3.05) is 31.1 Å². The molecular formula is C17H17ClN4. The monoisotopic (exact) mass is 312 g/mol. The molecule has 1 fully saturated rings. The summed E-state index contributed by atoms with van der Waals surface area (Å²) >= 11 is 6.12. The first kappa shape index (κ1) is 14.8. The molecule has 22 heavy (non-hydrogen) atoms. The maximum absolute atomic E-state index is 8.93. The van der Waals surface area contributed by atoms with Crippen LogP contribution in [0.2, 0.25) is 5.02 Å². The first-order valence-electron chi connectivity index (χ1n) is 7.33. The van der Waals surface area contributed by atoms with Gasteiger partial charge in [-0.1, -0.05) is 17.7 Å². The molecule has 1 aromatic heterocycles. The molecule has 4 nitrogen and oxygen atoms in total. The van der Waals surface area contributed by atoms with Crippen molar-refractivity contribution < 1.29 is 0 Å². The molecular weight excluding hydrogens is 296 g/mol. The number of piperazine rings is 1. The Balaban J connectivity index is 1.60. The second-order valence-corrected chi connectivity index (χ2v) is 5.77. The molecule has 1 saturated heterocycles. The van der Waals surface area contributed by atoms with Crippen LogP contribution < -0.4 is 4.90 Å². The second-order valence-electron chi connectivity index (χ2n) is 5.36. The van der Waals surface area contributed by atoms with E-state index in [-0.39, 0.29) is 0 Å². The highest BCUT2D eigenvalue weighted by molar-refractivity contribution is 6.32. The van der Waals surface area contributed by atoms with E-state index in [1.54, 1.807) is 6.07 Å². The van der Waals surface area contributed by atoms with Crippen molar-refractivity contribution in [2.24, 2.45) is 0 Å². The van der Waals surface area contributed by atoms with E-state index in [0.717, 1.165) is 44.1 Å². The van der Waals surface area contributed by atoms with Gasteiger partial charge in [-0.15, -0.1) is 0 Å². The largest absolute Gasteiger partial charge is 0.369 e. The number of aromatic nitrogens is 1. The van der Waals surface area contributed by atoms with E-state index >= 15 is 0 Å². The Hall–Kier alpha value is -2.09. The van der Waals surface area contributed by atoms with Gasteiger partial charge in [0.15, 0.2) is 0 Å². The normalized spacial score (nSPS) is 15.5. The molecule has 2 aromatic rings. The van der Waals surface area contributed by atoms with Crippen LogP contribution in [0.5, 0.6) is 0 Å². The minimum Gasteiger partial charge on any atom is -0.369 e. The molecule has 112 valence electrons. The molecule has 0 amide bonds. The Bertz CT molecular complexity index is 673. The predicted octanol–water partition coefficient (Wildman–Crippen LogP) is 2.93. The van der Waals surface area contributed by atoms with Gasteiger partial charge in [0.2, 0.25) is 0 Å². The maximum Gasteiger partial charge on any atom is 0.101 e. The fraction of sp³-hybridized carbons (Fsp3) is 0.294. The lowest BCUT2D eigenvalue weighted by Gasteiger charge is -2.36. The molecule has 0 N–H and O–H groups in total. The molecule has 0 aliphatic carbocycles. The molecule has 0 atom stereocenters. The Labute approximate surface area is 135 Å². The van der Waals surface area contributed by atoms with Crippen molar-refractivity contribution in [3.05, 3.63) is 58.9 Å². The summed E-state index contributed by atoms with van der Waals surface area (Å²) in [5, 5.41) is 9.46. The van der Waals surface area contributed by atoms with Gasteiger partial charge in [-0.2, -0.15) is 5.26 Å². The van der Waals surface area contributed by atoms with Gasteiger partial charge >= 0.3 is 0 Å². The lowest BCUT2D eigenvalue weighted by atomic mass is 10.2. The zero-order valence-electron chi connectivity index (χ0n) is 12.2. The van der Waals surface area contributed by atoms with Crippen LogP contribution in [0.3, 0.4) is 0 Å². The Morgan fingerprint density at radius 3 is 2.59 bits per heavy atom. The highest BCUT2D eigenvalue weighted by Crippen LogP contribution is 2.24. The van der Waals surface area contributed by atoms with Crippen LogP contribution in [0.25, 0.3) is 0 Å². The number of nitriles is 1. The molecule has 1 aromatic carbocycles. The molecule has 0 radical (unpaired) electrons. The van der Waals surface area contributed by atoms with Gasteiger partial charge in [-0.3, -0.25) is 9.88 Å². The summed E-state index contributed by atoms with van der Waals surface area (Å²) in [5.41, 5.74) is 2.72. The van der Waals surface area contributed by atoms with Crippen molar-refractivity contribution in [3.8, 4) is 6.07 Å². The third-order valence-electron chi connectivity index (χ3n) is 3.92. The molecule has 3 rings (SSSR count). The first-order chi connectivity index (χ1) is 10.8. The van der Waals surface area contributed by atoms with Crippen molar-refractivity contribution in [3.63, 3.8) is 0 Å². The van der Waals surface area contributed by atoms with Gasteiger partial charge in [-0.25, -0.2) is 0 Å². The van der Waals surface area contributed by atoms with Crippen molar-refractivity contribution >= 4 is 17.3 Å². The average Bonchev–Trinajstić information content (AvgIpc) is 2.56. The minimum atomic E-state index is 0.524. The Morgan fingerprint density at radius 1 is 1.14 bits per heavy atom. The fourth-order valence-corrected chi connectivity index (χ4v) is 2.89. The van der Waals surface area contributed by atoms with E-state index in [0.29, 0.717) is 10.6 Å². The van der Waals surface area contributed by atoms with Crippen molar-refractivity contribution in [2.45, 2.75) is 6.54 Å². The van der Waals surface area contributed by atoms with E-state index in [1.807, 2.05) is 30.5 Å². The van der Waals surface area contributed by atoms with Gasteiger partial charge in [0.25, 0.3) is 0 Å². The number of nitrogens with zero attached hydrogens (tertiary/aromatic N) is 4. The predicted molar refractivity (Wildman–Crippen MR) is 87.9 cm³/mol. The SMILES string of the molecule is N#Cc1ccc(N2CCN(Cc3ccccn3)CC2)cc1Cl. The van der Waals surface area contributed by atoms with E-state index in [1.165, 1.54) is 0 Å². The number of pyridine rings is 1. The average molecular weight is 313 g/mol. The third-order valence-corrected chi connectivity index (χ3v) is 4.24. The highest BCUT2D eigenvalue weighted by Gasteiger charge is 2.18. The topological polar surface area (TPSA) is 43.2 Å². The summed E-state index contributed by atoms with van der Waals surface area (Å²) in [6.45, 7) is 4.79. The smallest absolute Gasteiger partial charge is 0.101 e. The van der Waals surface area contributed by atoms with Gasteiger partial charge < -0.3 is 4.90 Å². The van der Waals surface area contributed by atoms with Crippen LogP contribution >= 0.6 is 11.6 Å². The first-order valence-corrected chi connectivity index (χ1v) is 7.71. The number of anilines is 1. The number of hydrogen-bond donors (Lipinski definition) is 0. The summed E-state index contributed by atoms with van der Waals surface area (Å²) in [6.07, 6.45) is 1.84. The number of rotatable bonds is 3. The summed E-state index contributed by atoms with van der Waals surface area (Å²) in [4.78, 5) is 9.09. The minimum absolute atomic E-state index is 0.524. The lowest BCUT2D eigenvalue weighted by Crippen LogP contribution is -2.46.